The van der Waals surface area contributed by atoms with Crippen molar-refractivity contribution in [2.24, 2.45) is 4.99 Å². The van der Waals surface area contributed by atoms with E-state index < -0.39 is 0 Å². The fourth-order valence-electron chi connectivity index (χ4n) is 1.03. The van der Waals surface area contributed by atoms with Crippen LogP contribution in [-0.2, 0) is 4.74 Å². The lowest BCUT2D eigenvalue weighted by atomic mass is 10.2. The molecule has 0 aromatic heterocycles. The highest BCUT2D eigenvalue weighted by atomic mass is 16.5. The zero-order valence-electron chi connectivity index (χ0n) is 6.05. The van der Waals surface area contributed by atoms with E-state index in [-0.39, 0.29) is 0 Å². The molecule has 0 saturated heterocycles. The number of hydrogen-bond donors (Lipinski definition) is 0. The molecule has 0 radical (unpaired) electrons. The highest BCUT2D eigenvalue weighted by molar-refractivity contribution is 5.74. The van der Waals surface area contributed by atoms with Gasteiger partial charge in [-0.25, -0.2) is 4.99 Å². The SMILES string of the molecule is CCC[C@@H]1COC(C)=N1. The predicted octanol–water partition coefficient (Wildman–Crippen LogP) is 1.60. The summed E-state index contributed by atoms with van der Waals surface area (Å²) in [5.41, 5.74) is 0. The first-order chi connectivity index (χ1) is 4.33. The summed E-state index contributed by atoms with van der Waals surface area (Å²) in [6.45, 7) is 4.89. The van der Waals surface area contributed by atoms with Gasteiger partial charge in [-0.1, -0.05) is 13.3 Å². The second-order valence-corrected chi connectivity index (χ2v) is 2.40. The molecule has 9 heavy (non-hydrogen) atoms. The summed E-state index contributed by atoms with van der Waals surface area (Å²) in [7, 11) is 0. The molecule has 0 aromatic carbocycles. The minimum absolute atomic E-state index is 0.454. The summed E-state index contributed by atoms with van der Waals surface area (Å²) < 4.78 is 5.17. The lowest BCUT2D eigenvalue weighted by molar-refractivity contribution is 0.309. The van der Waals surface area contributed by atoms with Crippen molar-refractivity contribution in [3.8, 4) is 0 Å². The molecule has 1 rings (SSSR count). The van der Waals surface area contributed by atoms with Gasteiger partial charge >= 0.3 is 0 Å². The van der Waals surface area contributed by atoms with Crippen LogP contribution in [-0.4, -0.2) is 18.5 Å². The summed E-state index contributed by atoms with van der Waals surface area (Å²) in [6, 6.07) is 0.454. The van der Waals surface area contributed by atoms with Crippen LogP contribution in [0.25, 0.3) is 0 Å². The molecule has 1 aliphatic rings. The van der Waals surface area contributed by atoms with Crippen LogP contribution >= 0.6 is 0 Å². The summed E-state index contributed by atoms with van der Waals surface area (Å²) in [5, 5.41) is 0. The molecule has 0 bridgehead atoms. The molecule has 2 nitrogen and oxygen atoms in total. The number of rotatable bonds is 2. The minimum atomic E-state index is 0.454. The molecule has 1 atom stereocenters. The molecule has 52 valence electrons. The zero-order valence-corrected chi connectivity index (χ0v) is 6.05. The summed E-state index contributed by atoms with van der Waals surface area (Å²) in [6.07, 6.45) is 2.36. The lowest BCUT2D eigenvalue weighted by Gasteiger charge is -1.99. The second-order valence-electron chi connectivity index (χ2n) is 2.40. The number of aliphatic imine (C=N–C) groups is 1. The Morgan fingerprint density at radius 2 is 2.56 bits per heavy atom. The molecule has 0 fully saturated rings. The van der Waals surface area contributed by atoms with Crippen LogP contribution in [0.15, 0.2) is 4.99 Å². The molecule has 0 saturated carbocycles. The largest absolute Gasteiger partial charge is 0.479 e. The maximum atomic E-state index is 5.17. The van der Waals surface area contributed by atoms with Gasteiger partial charge in [0.1, 0.15) is 6.61 Å². The second kappa shape index (κ2) is 2.85. The Balaban J connectivity index is 2.29. The Morgan fingerprint density at radius 1 is 1.78 bits per heavy atom. The fraction of sp³-hybridized carbons (Fsp3) is 0.857. The molecule has 0 N–H and O–H groups in total. The molecular formula is C7H13NO. The van der Waals surface area contributed by atoms with Crippen molar-refractivity contribution >= 4 is 5.90 Å². The topological polar surface area (TPSA) is 21.6 Å². The van der Waals surface area contributed by atoms with Crippen molar-refractivity contribution < 1.29 is 4.74 Å². The Hall–Kier alpha value is -0.530. The van der Waals surface area contributed by atoms with Gasteiger partial charge in [0.25, 0.3) is 0 Å². The van der Waals surface area contributed by atoms with Crippen molar-refractivity contribution in [3.63, 3.8) is 0 Å². The molecule has 0 unspecified atom stereocenters. The van der Waals surface area contributed by atoms with Crippen LogP contribution < -0.4 is 0 Å². The third kappa shape index (κ3) is 1.70. The normalized spacial score (nSPS) is 25.6. The van der Waals surface area contributed by atoms with E-state index in [9.17, 15) is 0 Å². The first-order valence-electron chi connectivity index (χ1n) is 3.50. The van der Waals surface area contributed by atoms with Gasteiger partial charge in [0.05, 0.1) is 6.04 Å². The highest BCUT2D eigenvalue weighted by Gasteiger charge is 2.13. The number of hydrogen-bond acceptors (Lipinski definition) is 2. The first kappa shape index (κ1) is 6.59. The molecular weight excluding hydrogens is 114 g/mol. The van der Waals surface area contributed by atoms with Gasteiger partial charge < -0.3 is 4.74 Å². The molecule has 2 heteroatoms. The van der Waals surface area contributed by atoms with Crippen LogP contribution in [0.1, 0.15) is 26.7 Å². The van der Waals surface area contributed by atoms with E-state index in [0.717, 1.165) is 18.9 Å². The smallest absolute Gasteiger partial charge is 0.180 e. The highest BCUT2D eigenvalue weighted by Crippen LogP contribution is 2.09. The average molecular weight is 127 g/mol. The molecule has 0 spiro atoms. The van der Waals surface area contributed by atoms with Crippen LogP contribution in [0, 0.1) is 0 Å². The minimum Gasteiger partial charge on any atom is -0.479 e. The van der Waals surface area contributed by atoms with E-state index in [1.165, 1.54) is 6.42 Å². The van der Waals surface area contributed by atoms with E-state index in [2.05, 4.69) is 11.9 Å². The average Bonchev–Trinajstić information content (AvgIpc) is 2.17. The van der Waals surface area contributed by atoms with Gasteiger partial charge in [0, 0.05) is 6.92 Å². The van der Waals surface area contributed by atoms with Crippen LogP contribution in [0.5, 0.6) is 0 Å². The molecule has 0 aromatic rings. The zero-order chi connectivity index (χ0) is 6.69. The number of nitrogens with zero attached hydrogens (tertiary/aromatic N) is 1. The van der Waals surface area contributed by atoms with E-state index in [4.69, 9.17) is 4.74 Å². The summed E-state index contributed by atoms with van der Waals surface area (Å²) >= 11 is 0. The van der Waals surface area contributed by atoms with Gasteiger partial charge in [-0.15, -0.1) is 0 Å². The Kier molecular flexibility index (Phi) is 2.09. The molecule has 0 amide bonds. The van der Waals surface area contributed by atoms with Gasteiger partial charge in [-0.3, -0.25) is 0 Å². The van der Waals surface area contributed by atoms with Crippen molar-refractivity contribution in [1.29, 1.82) is 0 Å². The van der Waals surface area contributed by atoms with Gasteiger partial charge in [-0.05, 0) is 6.42 Å². The van der Waals surface area contributed by atoms with Crippen molar-refractivity contribution in [2.45, 2.75) is 32.7 Å². The van der Waals surface area contributed by atoms with Crippen LogP contribution in [0.3, 0.4) is 0 Å². The fourth-order valence-corrected chi connectivity index (χ4v) is 1.03. The standard InChI is InChI=1S/C7H13NO/c1-3-4-7-5-9-6(2)8-7/h7H,3-5H2,1-2H3/t7-/m1/s1. The summed E-state index contributed by atoms with van der Waals surface area (Å²) in [5.74, 6) is 0.855. The quantitative estimate of drug-likeness (QED) is 0.552. The van der Waals surface area contributed by atoms with Gasteiger partial charge in [0.2, 0.25) is 0 Å². The first-order valence-corrected chi connectivity index (χ1v) is 3.50. The monoisotopic (exact) mass is 127 g/mol. The maximum absolute atomic E-state index is 5.17. The third-order valence-electron chi connectivity index (χ3n) is 1.47. The van der Waals surface area contributed by atoms with Crippen molar-refractivity contribution in [1.82, 2.24) is 0 Å². The molecule has 1 aliphatic heterocycles. The lowest BCUT2D eigenvalue weighted by Crippen LogP contribution is -2.04. The molecule has 0 aliphatic carbocycles. The van der Waals surface area contributed by atoms with Crippen molar-refractivity contribution in [3.05, 3.63) is 0 Å². The summed E-state index contributed by atoms with van der Waals surface area (Å²) in [4.78, 5) is 4.27. The Bertz CT molecular complexity index is 120. The van der Waals surface area contributed by atoms with Crippen LogP contribution in [0.2, 0.25) is 0 Å². The Labute approximate surface area is 55.9 Å². The van der Waals surface area contributed by atoms with Crippen LogP contribution in [0.4, 0.5) is 0 Å². The number of ether oxygens (including phenoxy) is 1. The molecule has 1 heterocycles. The van der Waals surface area contributed by atoms with Gasteiger partial charge in [0.15, 0.2) is 5.90 Å². The van der Waals surface area contributed by atoms with Crippen molar-refractivity contribution in [2.75, 3.05) is 6.61 Å². The van der Waals surface area contributed by atoms with E-state index in [1.807, 2.05) is 6.92 Å². The van der Waals surface area contributed by atoms with Gasteiger partial charge in [-0.2, -0.15) is 0 Å². The van der Waals surface area contributed by atoms with E-state index in [0.29, 0.717) is 6.04 Å². The third-order valence-corrected chi connectivity index (χ3v) is 1.47. The van der Waals surface area contributed by atoms with E-state index in [1.54, 1.807) is 0 Å². The van der Waals surface area contributed by atoms with E-state index >= 15 is 0 Å². The Morgan fingerprint density at radius 3 is 3.00 bits per heavy atom. The predicted molar refractivity (Wildman–Crippen MR) is 37.8 cm³/mol. The maximum Gasteiger partial charge on any atom is 0.180 e.